The highest BCUT2D eigenvalue weighted by Crippen LogP contribution is 2.39. The van der Waals surface area contributed by atoms with Gasteiger partial charge in [0, 0.05) is 11.3 Å². The number of carbonyl (C=O) groups excluding carboxylic acids is 1. The van der Waals surface area contributed by atoms with E-state index in [4.69, 9.17) is 15.5 Å². The molecule has 5 N–H and O–H groups in total. The second-order valence-corrected chi connectivity index (χ2v) is 6.65. The highest BCUT2D eigenvalue weighted by Gasteiger charge is 2.27. The standard InChI is InChI=1S/C9H15N2O4PS/c1-6(16(13,14)15)11-9(12)8(10)5-7-3-2-4-17-7/h2-4,6,8H,5,10H2,1H3,(H,11,12)(H2,13,14,15). The molecule has 2 atom stereocenters. The van der Waals surface area contributed by atoms with Crippen molar-refractivity contribution in [2.24, 2.45) is 5.73 Å². The maximum absolute atomic E-state index is 11.6. The molecule has 0 aliphatic carbocycles. The molecule has 0 radical (unpaired) electrons. The molecule has 0 fully saturated rings. The molecule has 0 aliphatic heterocycles. The Hall–Kier alpha value is -0.720. The van der Waals surface area contributed by atoms with E-state index >= 15 is 0 Å². The minimum Gasteiger partial charge on any atom is -0.341 e. The van der Waals surface area contributed by atoms with Crippen LogP contribution >= 0.6 is 18.9 Å². The van der Waals surface area contributed by atoms with E-state index in [1.165, 1.54) is 18.3 Å². The number of amides is 1. The highest BCUT2D eigenvalue weighted by molar-refractivity contribution is 7.52. The van der Waals surface area contributed by atoms with Gasteiger partial charge in [0.2, 0.25) is 5.91 Å². The molecular weight excluding hydrogens is 263 g/mol. The summed E-state index contributed by atoms with van der Waals surface area (Å²) in [4.78, 5) is 30.2. The molecule has 0 saturated carbocycles. The molecule has 1 heterocycles. The average Bonchev–Trinajstić information content (AvgIpc) is 2.68. The zero-order chi connectivity index (χ0) is 13.1. The SMILES string of the molecule is CC(NC(=O)C(N)Cc1cccs1)P(=O)(O)O. The van der Waals surface area contributed by atoms with Gasteiger partial charge in [-0.25, -0.2) is 0 Å². The lowest BCUT2D eigenvalue weighted by molar-refractivity contribution is -0.122. The van der Waals surface area contributed by atoms with Gasteiger partial charge in [0.25, 0.3) is 0 Å². The van der Waals surface area contributed by atoms with Crippen LogP contribution in [0, 0.1) is 0 Å². The lowest BCUT2D eigenvalue weighted by atomic mass is 10.2. The molecular formula is C9H15N2O4PS. The first-order chi connectivity index (χ1) is 7.80. The Morgan fingerprint density at radius 2 is 2.29 bits per heavy atom. The molecule has 0 aliphatic rings. The molecule has 1 rings (SSSR count). The topological polar surface area (TPSA) is 113 Å². The minimum absolute atomic E-state index is 0.359. The van der Waals surface area contributed by atoms with Crippen LogP contribution < -0.4 is 11.1 Å². The lowest BCUT2D eigenvalue weighted by Crippen LogP contribution is -2.45. The van der Waals surface area contributed by atoms with Gasteiger partial charge in [0.05, 0.1) is 6.04 Å². The Bertz CT molecular complexity index is 417. The number of rotatable bonds is 5. The quantitative estimate of drug-likeness (QED) is 0.577. The van der Waals surface area contributed by atoms with Gasteiger partial charge in [-0.3, -0.25) is 9.36 Å². The molecule has 96 valence electrons. The fourth-order valence-electron chi connectivity index (χ4n) is 1.14. The first kappa shape index (κ1) is 14.3. The summed E-state index contributed by atoms with van der Waals surface area (Å²) >= 11 is 1.48. The van der Waals surface area contributed by atoms with Crippen LogP contribution in [0.15, 0.2) is 17.5 Å². The monoisotopic (exact) mass is 278 g/mol. The summed E-state index contributed by atoms with van der Waals surface area (Å²) in [6.45, 7) is 1.25. The van der Waals surface area contributed by atoms with Crippen molar-refractivity contribution in [2.45, 2.75) is 25.2 Å². The smallest absolute Gasteiger partial charge is 0.341 e. The Morgan fingerprint density at radius 1 is 1.65 bits per heavy atom. The van der Waals surface area contributed by atoms with Crippen LogP contribution in [0.4, 0.5) is 0 Å². The molecule has 1 aromatic rings. The van der Waals surface area contributed by atoms with Crippen molar-refractivity contribution in [1.29, 1.82) is 0 Å². The summed E-state index contributed by atoms with van der Waals surface area (Å²) in [6, 6.07) is 2.90. The summed E-state index contributed by atoms with van der Waals surface area (Å²) in [5.41, 5.74) is 5.64. The van der Waals surface area contributed by atoms with Crippen molar-refractivity contribution in [1.82, 2.24) is 5.32 Å². The first-order valence-corrected chi connectivity index (χ1v) is 7.50. The van der Waals surface area contributed by atoms with E-state index in [0.29, 0.717) is 6.42 Å². The summed E-state index contributed by atoms with van der Waals surface area (Å²) in [6.07, 6.45) is 0.359. The second kappa shape index (κ2) is 5.75. The van der Waals surface area contributed by atoms with Gasteiger partial charge < -0.3 is 20.8 Å². The number of nitrogens with one attached hydrogen (secondary N) is 1. The van der Waals surface area contributed by atoms with Gasteiger partial charge in [-0.2, -0.15) is 0 Å². The van der Waals surface area contributed by atoms with E-state index in [-0.39, 0.29) is 0 Å². The fraction of sp³-hybridized carbons (Fsp3) is 0.444. The maximum atomic E-state index is 11.6. The van der Waals surface area contributed by atoms with E-state index in [0.717, 1.165) is 4.88 Å². The molecule has 0 spiro atoms. The molecule has 17 heavy (non-hydrogen) atoms. The first-order valence-electron chi connectivity index (χ1n) is 4.94. The Kier molecular flexibility index (Phi) is 4.85. The fourth-order valence-corrected chi connectivity index (χ4v) is 2.20. The van der Waals surface area contributed by atoms with Crippen LogP contribution in [0.5, 0.6) is 0 Å². The largest absolute Gasteiger partial charge is 0.347 e. The maximum Gasteiger partial charge on any atom is 0.347 e. The van der Waals surface area contributed by atoms with E-state index in [1.54, 1.807) is 0 Å². The zero-order valence-electron chi connectivity index (χ0n) is 9.24. The summed E-state index contributed by atoms with van der Waals surface area (Å²) in [7, 11) is -4.31. The molecule has 6 nitrogen and oxygen atoms in total. The predicted octanol–water partition coefficient (Wildman–Crippen LogP) is 0.258. The molecule has 1 amide bonds. The summed E-state index contributed by atoms with van der Waals surface area (Å²) in [5, 5.41) is 4.08. The Morgan fingerprint density at radius 3 is 2.76 bits per heavy atom. The van der Waals surface area contributed by atoms with Crippen LogP contribution in [-0.4, -0.2) is 27.5 Å². The van der Waals surface area contributed by atoms with Crippen LogP contribution in [0.25, 0.3) is 0 Å². The predicted molar refractivity (Wildman–Crippen MR) is 65.6 cm³/mol. The van der Waals surface area contributed by atoms with Crippen molar-refractivity contribution < 1.29 is 19.1 Å². The second-order valence-electron chi connectivity index (χ2n) is 3.66. The van der Waals surface area contributed by atoms with Crippen LogP contribution in [-0.2, 0) is 15.8 Å². The zero-order valence-corrected chi connectivity index (χ0v) is 10.9. The van der Waals surface area contributed by atoms with Crippen LogP contribution in [0.2, 0.25) is 0 Å². The third kappa shape index (κ3) is 4.57. The summed E-state index contributed by atoms with van der Waals surface area (Å²) in [5.74, 6) is -1.78. The normalized spacial score (nSPS) is 15.3. The van der Waals surface area contributed by atoms with Gasteiger partial charge in [-0.15, -0.1) is 11.3 Å². The minimum atomic E-state index is -4.31. The highest BCUT2D eigenvalue weighted by atomic mass is 32.1. The number of carbonyl (C=O) groups is 1. The third-order valence-corrected chi connectivity index (χ3v) is 4.23. The van der Waals surface area contributed by atoms with E-state index in [9.17, 15) is 9.36 Å². The van der Waals surface area contributed by atoms with E-state index < -0.39 is 25.3 Å². The van der Waals surface area contributed by atoms with Crippen molar-refractivity contribution >= 4 is 24.8 Å². The Labute approximate surface area is 103 Å². The molecule has 0 saturated heterocycles. The average molecular weight is 278 g/mol. The van der Waals surface area contributed by atoms with Crippen molar-refractivity contribution in [3.05, 3.63) is 22.4 Å². The molecule has 8 heteroatoms. The van der Waals surface area contributed by atoms with Crippen molar-refractivity contribution in [2.75, 3.05) is 0 Å². The molecule has 0 bridgehead atoms. The molecule has 2 unspecified atom stereocenters. The number of thiophene rings is 1. The number of hydrogen-bond acceptors (Lipinski definition) is 4. The van der Waals surface area contributed by atoms with Crippen LogP contribution in [0.3, 0.4) is 0 Å². The van der Waals surface area contributed by atoms with Crippen LogP contribution in [0.1, 0.15) is 11.8 Å². The molecule has 1 aromatic heterocycles. The van der Waals surface area contributed by atoms with E-state index in [1.807, 2.05) is 17.5 Å². The molecule has 0 aromatic carbocycles. The van der Waals surface area contributed by atoms with Gasteiger partial charge in [0.15, 0.2) is 0 Å². The Balaban J connectivity index is 2.50. The number of nitrogens with two attached hydrogens (primary N) is 1. The van der Waals surface area contributed by atoms with E-state index in [2.05, 4.69) is 5.32 Å². The van der Waals surface area contributed by atoms with Crippen molar-refractivity contribution in [3.63, 3.8) is 0 Å². The summed E-state index contributed by atoms with van der Waals surface area (Å²) < 4.78 is 10.8. The van der Waals surface area contributed by atoms with Gasteiger partial charge >= 0.3 is 7.60 Å². The van der Waals surface area contributed by atoms with Gasteiger partial charge in [-0.1, -0.05) is 6.07 Å². The lowest BCUT2D eigenvalue weighted by Gasteiger charge is -2.18. The number of hydrogen-bond donors (Lipinski definition) is 4. The van der Waals surface area contributed by atoms with Gasteiger partial charge in [0.1, 0.15) is 5.78 Å². The third-order valence-electron chi connectivity index (χ3n) is 2.19. The van der Waals surface area contributed by atoms with Gasteiger partial charge in [-0.05, 0) is 18.4 Å². The van der Waals surface area contributed by atoms with Crippen molar-refractivity contribution in [3.8, 4) is 0 Å².